The average molecular weight is 227 g/mol. The van der Waals surface area contributed by atoms with Gasteiger partial charge in [-0.2, -0.15) is 0 Å². The molecule has 0 spiro atoms. The maximum absolute atomic E-state index is 10.9. The van der Waals surface area contributed by atoms with Crippen molar-refractivity contribution in [3.8, 4) is 0 Å². The molecule has 3 heteroatoms. The minimum atomic E-state index is -1.05. The van der Waals surface area contributed by atoms with Crippen LogP contribution >= 0.6 is 0 Å². The largest absolute Gasteiger partial charge is 0.480 e. The van der Waals surface area contributed by atoms with E-state index in [0.29, 0.717) is 12.3 Å². The van der Waals surface area contributed by atoms with Crippen LogP contribution in [0.4, 0.5) is 0 Å². The van der Waals surface area contributed by atoms with Crippen molar-refractivity contribution >= 4 is 5.97 Å². The van der Waals surface area contributed by atoms with E-state index < -0.39 is 11.5 Å². The molecule has 1 aliphatic carbocycles. The number of hydrogen-bond donors (Lipinski definition) is 2. The summed E-state index contributed by atoms with van der Waals surface area (Å²) in [7, 11) is 0. The standard InChI is InChI=1S/C13H25NO2/c1-10(9-11-5-3-4-6-11)7-8-13(2,14)12(15)16/h10-11H,3-9,14H2,1-2H3,(H,15,16). The van der Waals surface area contributed by atoms with Gasteiger partial charge >= 0.3 is 5.97 Å². The molecular formula is C13H25NO2. The van der Waals surface area contributed by atoms with E-state index in [4.69, 9.17) is 10.8 Å². The molecule has 1 saturated carbocycles. The molecule has 1 rings (SSSR count). The Kier molecular flexibility index (Phi) is 4.78. The number of carboxylic acid groups (broad SMARTS) is 1. The number of carbonyl (C=O) groups is 1. The monoisotopic (exact) mass is 227 g/mol. The molecule has 0 radical (unpaired) electrons. The van der Waals surface area contributed by atoms with E-state index in [1.54, 1.807) is 6.92 Å². The fourth-order valence-corrected chi connectivity index (χ4v) is 2.59. The summed E-state index contributed by atoms with van der Waals surface area (Å²) in [4.78, 5) is 10.9. The molecule has 94 valence electrons. The van der Waals surface area contributed by atoms with Gasteiger partial charge in [0.2, 0.25) is 0 Å². The van der Waals surface area contributed by atoms with E-state index in [-0.39, 0.29) is 0 Å². The van der Waals surface area contributed by atoms with Crippen LogP contribution in [0.25, 0.3) is 0 Å². The van der Waals surface area contributed by atoms with Crippen molar-refractivity contribution in [2.75, 3.05) is 0 Å². The molecule has 0 saturated heterocycles. The number of aliphatic carboxylic acids is 1. The second kappa shape index (κ2) is 5.67. The van der Waals surface area contributed by atoms with Gasteiger partial charge in [0.1, 0.15) is 5.54 Å². The van der Waals surface area contributed by atoms with Crippen LogP contribution in [0.1, 0.15) is 58.8 Å². The van der Waals surface area contributed by atoms with Crippen LogP contribution in [0.2, 0.25) is 0 Å². The molecule has 3 nitrogen and oxygen atoms in total. The molecule has 0 aliphatic heterocycles. The van der Waals surface area contributed by atoms with Gasteiger partial charge in [-0.3, -0.25) is 4.79 Å². The zero-order chi connectivity index (χ0) is 12.2. The first kappa shape index (κ1) is 13.5. The Labute approximate surface area is 98.4 Å². The Morgan fingerprint density at radius 3 is 2.56 bits per heavy atom. The summed E-state index contributed by atoms with van der Waals surface area (Å²) in [5.41, 5.74) is 4.66. The third-order valence-corrected chi connectivity index (χ3v) is 3.86. The number of carboxylic acids is 1. The highest BCUT2D eigenvalue weighted by molar-refractivity contribution is 5.77. The van der Waals surface area contributed by atoms with Crippen LogP contribution in [0, 0.1) is 11.8 Å². The smallest absolute Gasteiger partial charge is 0.323 e. The summed E-state index contributed by atoms with van der Waals surface area (Å²) in [5, 5.41) is 8.91. The van der Waals surface area contributed by atoms with Crippen molar-refractivity contribution in [3.63, 3.8) is 0 Å². The molecule has 0 aromatic carbocycles. The van der Waals surface area contributed by atoms with Crippen LogP contribution in [0.3, 0.4) is 0 Å². The van der Waals surface area contributed by atoms with Crippen molar-refractivity contribution in [2.45, 2.75) is 64.3 Å². The van der Waals surface area contributed by atoms with E-state index in [9.17, 15) is 4.79 Å². The van der Waals surface area contributed by atoms with Crippen LogP contribution in [0.5, 0.6) is 0 Å². The van der Waals surface area contributed by atoms with Crippen LogP contribution in [0.15, 0.2) is 0 Å². The van der Waals surface area contributed by atoms with Gasteiger partial charge in [0, 0.05) is 0 Å². The third-order valence-electron chi connectivity index (χ3n) is 3.86. The summed E-state index contributed by atoms with van der Waals surface area (Å²) in [5.74, 6) is 0.592. The molecule has 0 bridgehead atoms. The SMILES string of the molecule is CC(CCC(C)(N)C(=O)O)CC1CCCC1. The molecule has 1 fully saturated rings. The van der Waals surface area contributed by atoms with Gasteiger partial charge in [-0.1, -0.05) is 32.6 Å². The topological polar surface area (TPSA) is 63.3 Å². The second-order valence-corrected chi connectivity index (χ2v) is 5.75. The van der Waals surface area contributed by atoms with E-state index in [2.05, 4.69) is 6.92 Å². The van der Waals surface area contributed by atoms with Gasteiger partial charge in [-0.25, -0.2) is 0 Å². The van der Waals surface area contributed by atoms with Crippen molar-refractivity contribution < 1.29 is 9.90 Å². The minimum absolute atomic E-state index is 0.580. The van der Waals surface area contributed by atoms with Gasteiger partial charge in [0.15, 0.2) is 0 Å². The van der Waals surface area contributed by atoms with Gasteiger partial charge in [-0.05, 0) is 38.0 Å². The zero-order valence-electron chi connectivity index (χ0n) is 10.5. The fraction of sp³-hybridized carbons (Fsp3) is 0.923. The lowest BCUT2D eigenvalue weighted by Gasteiger charge is -2.22. The van der Waals surface area contributed by atoms with E-state index in [1.807, 2.05) is 0 Å². The fourth-order valence-electron chi connectivity index (χ4n) is 2.59. The van der Waals surface area contributed by atoms with Crippen molar-refractivity contribution in [2.24, 2.45) is 17.6 Å². The lowest BCUT2D eigenvalue weighted by atomic mass is 9.87. The second-order valence-electron chi connectivity index (χ2n) is 5.75. The first-order valence-electron chi connectivity index (χ1n) is 6.44. The van der Waals surface area contributed by atoms with Crippen molar-refractivity contribution in [1.82, 2.24) is 0 Å². The normalized spacial score (nSPS) is 22.9. The van der Waals surface area contributed by atoms with Crippen LogP contribution in [-0.4, -0.2) is 16.6 Å². The van der Waals surface area contributed by atoms with Crippen molar-refractivity contribution in [1.29, 1.82) is 0 Å². The lowest BCUT2D eigenvalue weighted by Crippen LogP contribution is -2.44. The Bertz CT molecular complexity index is 232. The van der Waals surface area contributed by atoms with E-state index >= 15 is 0 Å². The number of nitrogens with two attached hydrogens (primary N) is 1. The predicted octanol–water partition coefficient (Wildman–Crippen LogP) is 2.79. The Balaban J connectivity index is 2.23. The summed E-state index contributed by atoms with van der Waals surface area (Å²) in [6.07, 6.45) is 8.23. The summed E-state index contributed by atoms with van der Waals surface area (Å²) in [6, 6.07) is 0. The van der Waals surface area contributed by atoms with Crippen molar-refractivity contribution in [3.05, 3.63) is 0 Å². The number of rotatable bonds is 6. The molecule has 0 aromatic heterocycles. The quantitative estimate of drug-likeness (QED) is 0.733. The molecule has 16 heavy (non-hydrogen) atoms. The zero-order valence-corrected chi connectivity index (χ0v) is 10.5. The summed E-state index contributed by atoms with van der Waals surface area (Å²) < 4.78 is 0. The average Bonchev–Trinajstić information content (AvgIpc) is 2.67. The molecule has 0 amide bonds. The first-order valence-corrected chi connectivity index (χ1v) is 6.44. The molecule has 3 N–H and O–H groups in total. The molecular weight excluding hydrogens is 202 g/mol. The molecule has 0 heterocycles. The van der Waals surface area contributed by atoms with Gasteiger partial charge in [0.05, 0.1) is 0 Å². The maximum Gasteiger partial charge on any atom is 0.323 e. The van der Waals surface area contributed by atoms with E-state index in [0.717, 1.165) is 12.3 Å². The van der Waals surface area contributed by atoms with E-state index in [1.165, 1.54) is 32.1 Å². The minimum Gasteiger partial charge on any atom is -0.480 e. The molecule has 0 aromatic rings. The van der Waals surface area contributed by atoms with Gasteiger partial charge in [-0.15, -0.1) is 0 Å². The lowest BCUT2D eigenvalue weighted by molar-refractivity contribution is -0.143. The Hall–Kier alpha value is -0.570. The predicted molar refractivity (Wildman–Crippen MR) is 65.2 cm³/mol. The summed E-state index contributed by atoms with van der Waals surface area (Å²) in [6.45, 7) is 3.83. The molecule has 1 aliphatic rings. The highest BCUT2D eigenvalue weighted by atomic mass is 16.4. The Morgan fingerprint density at radius 2 is 2.06 bits per heavy atom. The highest BCUT2D eigenvalue weighted by Gasteiger charge is 2.28. The van der Waals surface area contributed by atoms with Gasteiger partial charge < -0.3 is 10.8 Å². The Morgan fingerprint density at radius 1 is 1.50 bits per heavy atom. The van der Waals surface area contributed by atoms with Gasteiger partial charge in [0.25, 0.3) is 0 Å². The number of hydrogen-bond acceptors (Lipinski definition) is 2. The molecule has 2 atom stereocenters. The van der Waals surface area contributed by atoms with Crippen LogP contribution in [-0.2, 0) is 4.79 Å². The summed E-state index contributed by atoms with van der Waals surface area (Å²) >= 11 is 0. The third kappa shape index (κ3) is 4.12. The van der Waals surface area contributed by atoms with Crippen LogP contribution < -0.4 is 5.73 Å². The first-order chi connectivity index (χ1) is 7.42. The highest BCUT2D eigenvalue weighted by Crippen LogP contribution is 2.32. The molecule has 2 unspecified atom stereocenters. The maximum atomic E-state index is 10.9.